The molecule has 1 aromatic carbocycles. The highest BCUT2D eigenvalue weighted by Crippen LogP contribution is 2.39. The van der Waals surface area contributed by atoms with Crippen LogP contribution in [0.4, 0.5) is 0 Å². The highest BCUT2D eigenvalue weighted by molar-refractivity contribution is 8.25. The van der Waals surface area contributed by atoms with E-state index >= 15 is 0 Å². The maximum atomic E-state index is 13.7. The number of hydrogen-bond acceptors (Lipinski definition) is 7. The Kier molecular flexibility index (Phi) is 7.79. The van der Waals surface area contributed by atoms with Gasteiger partial charge in [0.25, 0.3) is 5.91 Å². The number of ether oxygens (including phenoxy) is 1. The zero-order valence-corrected chi connectivity index (χ0v) is 21.3. The largest absolute Gasteiger partial charge is 0.496 e. The maximum absolute atomic E-state index is 13.7. The summed E-state index contributed by atoms with van der Waals surface area (Å²) in [7, 11) is 1.56. The molecule has 1 N–H and O–H groups in total. The first-order chi connectivity index (χ1) is 15.6. The van der Waals surface area contributed by atoms with Gasteiger partial charge in [0.15, 0.2) is 5.17 Å². The SMILES string of the molecule is C=CC(=O)N1CCN(C(=O)c2cc(SC3CN=C(NC(C)=O)S3)c(C)cc2OC)C(C)(C)C1. The molecule has 1 unspecified atom stereocenters. The van der Waals surface area contributed by atoms with E-state index in [1.54, 1.807) is 23.8 Å². The van der Waals surface area contributed by atoms with Gasteiger partial charge in [-0.15, -0.1) is 11.8 Å². The summed E-state index contributed by atoms with van der Waals surface area (Å²) in [5, 5.41) is 3.35. The minimum atomic E-state index is -0.542. The quantitative estimate of drug-likeness (QED) is 0.639. The van der Waals surface area contributed by atoms with Crippen molar-refractivity contribution in [3.05, 3.63) is 35.9 Å². The normalized spacial score (nSPS) is 19.7. The third-order valence-electron chi connectivity index (χ3n) is 5.53. The summed E-state index contributed by atoms with van der Waals surface area (Å²) < 4.78 is 5.66. The van der Waals surface area contributed by atoms with E-state index < -0.39 is 5.54 Å². The predicted octanol–water partition coefficient (Wildman–Crippen LogP) is 2.91. The van der Waals surface area contributed by atoms with Crippen LogP contribution in [-0.2, 0) is 9.59 Å². The summed E-state index contributed by atoms with van der Waals surface area (Å²) >= 11 is 3.13. The number of hydrogen-bond donors (Lipinski definition) is 1. The molecule has 0 aromatic heterocycles. The number of methoxy groups -OCH3 is 1. The van der Waals surface area contributed by atoms with Gasteiger partial charge >= 0.3 is 0 Å². The molecule has 0 bridgehead atoms. The van der Waals surface area contributed by atoms with Gasteiger partial charge in [-0.2, -0.15) is 0 Å². The van der Waals surface area contributed by atoms with Gasteiger partial charge in [-0.1, -0.05) is 18.3 Å². The summed E-state index contributed by atoms with van der Waals surface area (Å²) in [6.07, 6.45) is 1.31. The van der Waals surface area contributed by atoms with Crippen molar-refractivity contribution >= 4 is 46.4 Å². The highest BCUT2D eigenvalue weighted by atomic mass is 32.2. The minimum Gasteiger partial charge on any atom is -0.496 e. The van der Waals surface area contributed by atoms with E-state index in [1.165, 1.54) is 24.8 Å². The molecular weight excluding hydrogens is 460 g/mol. The van der Waals surface area contributed by atoms with Crippen LogP contribution in [0.3, 0.4) is 0 Å². The fourth-order valence-corrected chi connectivity index (χ4v) is 6.29. The zero-order chi connectivity index (χ0) is 24.3. The van der Waals surface area contributed by atoms with Crippen molar-refractivity contribution in [1.82, 2.24) is 15.1 Å². The number of amidine groups is 1. The van der Waals surface area contributed by atoms with Crippen molar-refractivity contribution in [3.63, 3.8) is 0 Å². The second-order valence-corrected chi connectivity index (χ2v) is 11.3. The molecule has 0 saturated carbocycles. The summed E-state index contributed by atoms with van der Waals surface area (Å²) in [5.41, 5.74) is 0.954. The van der Waals surface area contributed by atoms with Crippen LogP contribution in [0.15, 0.2) is 34.7 Å². The molecule has 33 heavy (non-hydrogen) atoms. The molecule has 2 aliphatic heterocycles. The van der Waals surface area contributed by atoms with E-state index in [9.17, 15) is 14.4 Å². The Morgan fingerprint density at radius 1 is 1.33 bits per heavy atom. The van der Waals surface area contributed by atoms with Crippen molar-refractivity contribution in [2.24, 2.45) is 4.99 Å². The molecule has 3 rings (SSSR count). The molecule has 3 amide bonds. The first-order valence-corrected chi connectivity index (χ1v) is 12.4. The van der Waals surface area contributed by atoms with Gasteiger partial charge in [0.05, 0.1) is 29.3 Å². The monoisotopic (exact) mass is 490 g/mol. The Labute approximate surface area is 203 Å². The molecule has 2 heterocycles. The molecule has 1 aromatic rings. The molecule has 1 fully saturated rings. The lowest BCUT2D eigenvalue weighted by Crippen LogP contribution is -2.61. The number of nitrogens with one attached hydrogen (secondary N) is 1. The van der Waals surface area contributed by atoms with Crippen LogP contribution in [-0.4, -0.2) is 76.1 Å². The van der Waals surface area contributed by atoms with Crippen molar-refractivity contribution < 1.29 is 19.1 Å². The van der Waals surface area contributed by atoms with E-state index in [0.717, 1.165) is 10.5 Å². The molecule has 0 aliphatic carbocycles. The van der Waals surface area contributed by atoms with Crippen LogP contribution in [0, 0.1) is 6.92 Å². The Hall–Kier alpha value is -2.46. The van der Waals surface area contributed by atoms with Gasteiger partial charge in [-0.25, -0.2) is 0 Å². The summed E-state index contributed by atoms with van der Waals surface area (Å²) in [5.74, 6) is 0.129. The third kappa shape index (κ3) is 5.73. The minimum absolute atomic E-state index is 0.104. The summed E-state index contributed by atoms with van der Waals surface area (Å²) in [4.78, 5) is 45.9. The fourth-order valence-electron chi connectivity index (χ4n) is 3.90. The Morgan fingerprint density at radius 2 is 2.06 bits per heavy atom. The lowest BCUT2D eigenvalue weighted by molar-refractivity contribution is -0.130. The van der Waals surface area contributed by atoms with Crippen LogP contribution in [0.1, 0.15) is 36.7 Å². The van der Waals surface area contributed by atoms with Crippen molar-refractivity contribution in [1.29, 1.82) is 0 Å². The molecule has 10 heteroatoms. The number of piperazine rings is 1. The first-order valence-electron chi connectivity index (χ1n) is 10.6. The van der Waals surface area contributed by atoms with Gasteiger partial charge in [0, 0.05) is 31.5 Å². The number of rotatable bonds is 5. The summed E-state index contributed by atoms with van der Waals surface area (Å²) in [6.45, 7) is 12.8. The molecule has 1 saturated heterocycles. The van der Waals surface area contributed by atoms with Gasteiger partial charge in [0.1, 0.15) is 5.75 Å². The van der Waals surface area contributed by atoms with Crippen molar-refractivity contribution in [3.8, 4) is 5.75 Å². The number of thioether (sulfide) groups is 2. The van der Waals surface area contributed by atoms with Crippen LogP contribution < -0.4 is 10.1 Å². The molecule has 2 aliphatic rings. The van der Waals surface area contributed by atoms with E-state index in [4.69, 9.17) is 4.74 Å². The number of aliphatic imine (C=N–C) groups is 1. The lowest BCUT2D eigenvalue weighted by atomic mass is 9.96. The number of nitrogens with zero attached hydrogens (tertiary/aromatic N) is 3. The smallest absolute Gasteiger partial charge is 0.258 e. The van der Waals surface area contributed by atoms with E-state index in [1.807, 2.05) is 37.8 Å². The van der Waals surface area contributed by atoms with Crippen molar-refractivity contribution in [2.45, 2.75) is 42.7 Å². The number of amides is 3. The second kappa shape index (κ2) is 10.2. The average molecular weight is 491 g/mol. The Balaban J connectivity index is 1.81. The topological polar surface area (TPSA) is 91.3 Å². The van der Waals surface area contributed by atoms with Crippen LogP contribution in [0.5, 0.6) is 5.75 Å². The second-order valence-electron chi connectivity index (χ2n) is 8.54. The Bertz CT molecular complexity index is 1010. The van der Waals surface area contributed by atoms with Crippen LogP contribution in [0.25, 0.3) is 0 Å². The number of aryl methyl sites for hydroxylation is 1. The van der Waals surface area contributed by atoms with Gasteiger partial charge in [0.2, 0.25) is 11.8 Å². The van der Waals surface area contributed by atoms with Crippen LogP contribution in [0.2, 0.25) is 0 Å². The number of carbonyl (C=O) groups is 3. The molecule has 1 atom stereocenters. The molecule has 8 nitrogen and oxygen atoms in total. The molecule has 0 spiro atoms. The van der Waals surface area contributed by atoms with Crippen LogP contribution >= 0.6 is 23.5 Å². The first kappa shape index (κ1) is 25.2. The standard InChI is InChI=1S/C23H30N4O4S2/c1-7-19(29)26-8-9-27(23(4,5)13-26)21(30)16-11-18(14(2)10-17(16)31-6)32-20-12-24-22(33-20)25-15(3)28/h7,10-11,20H,1,8-9,12-13H2,2-6H3,(H,24,25,28). The third-order valence-corrected chi connectivity index (χ3v) is 8.08. The lowest BCUT2D eigenvalue weighted by Gasteiger charge is -2.47. The van der Waals surface area contributed by atoms with Gasteiger partial charge < -0.3 is 19.9 Å². The summed E-state index contributed by atoms with van der Waals surface area (Å²) in [6, 6.07) is 3.77. The number of benzene rings is 1. The molecular formula is C23H30N4O4S2. The molecule has 178 valence electrons. The maximum Gasteiger partial charge on any atom is 0.258 e. The average Bonchev–Trinajstić information content (AvgIpc) is 3.19. The zero-order valence-electron chi connectivity index (χ0n) is 19.6. The number of carbonyl (C=O) groups excluding carboxylic acids is 3. The van der Waals surface area contributed by atoms with Gasteiger partial charge in [-0.3, -0.25) is 19.4 Å². The van der Waals surface area contributed by atoms with E-state index in [2.05, 4.69) is 16.9 Å². The van der Waals surface area contributed by atoms with E-state index in [0.29, 0.717) is 42.7 Å². The molecule has 0 radical (unpaired) electrons. The van der Waals surface area contributed by atoms with Gasteiger partial charge in [-0.05, 0) is 44.5 Å². The van der Waals surface area contributed by atoms with E-state index in [-0.39, 0.29) is 22.3 Å². The fraction of sp³-hybridized carbons (Fsp3) is 0.478. The Morgan fingerprint density at radius 3 is 2.67 bits per heavy atom. The van der Waals surface area contributed by atoms with Crippen molar-refractivity contribution in [2.75, 3.05) is 33.3 Å². The highest BCUT2D eigenvalue weighted by Gasteiger charge is 2.39. The predicted molar refractivity (Wildman–Crippen MR) is 133 cm³/mol.